The van der Waals surface area contributed by atoms with Gasteiger partial charge in [-0.05, 0) is 165 Å². The van der Waals surface area contributed by atoms with E-state index in [4.69, 9.17) is 19.7 Å². The summed E-state index contributed by atoms with van der Waals surface area (Å²) in [4.78, 5) is 84.8. The number of ether oxygens (including phenoxy) is 1. The number of carbonyl (C=O) groups excluding carboxylic acids is 2. The molecule has 0 radical (unpaired) electrons. The van der Waals surface area contributed by atoms with Crippen molar-refractivity contribution in [3.63, 3.8) is 0 Å². The first-order chi connectivity index (χ1) is 41.6. The van der Waals surface area contributed by atoms with Gasteiger partial charge in [0, 0.05) is 89.5 Å². The fourth-order valence-corrected chi connectivity index (χ4v) is 11.7. The monoisotopic (exact) mass is 1160 g/mol. The predicted octanol–water partition coefficient (Wildman–Crippen LogP) is 11.6. The molecule has 2 fully saturated rings. The number of benzene rings is 5. The van der Waals surface area contributed by atoms with Gasteiger partial charge in [0.1, 0.15) is 28.6 Å². The van der Waals surface area contributed by atoms with Gasteiger partial charge in [-0.3, -0.25) is 19.2 Å². The second kappa shape index (κ2) is 27.6. The number of amides is 1. The Morgan fingerprint density at radius 2 is 1.10 bits per heavy atom. The van der Waals surface area contributed by atoms with Gasteiger partial charge in [0.15, 0.2) is 0 Å². The maximum Gasteiger partial charge on any atom is 0.306 e. The zero-order valence-corrected chi connectivity index (χ0v) is 51.1. The summed E-state index contributed by atoms with van der Waals surface area (Å²) >= 11 is 0. The molecule has 0 bridgehead atoms. The molecule has 6 heterocycles. The van der Waals surface area contributed by atoms with E-state index in [0.717, 1.165) is 128 Å². The van der Waals surface area contributed by atoms with Gasteiger partial charge in [0.2, 0.25) is 5.91 Å². The Labute approximate surface area is 503 Å². The first-order valence-corrected chi connectivity index (χ1v) is 30.8. The topological polar surface area (TPSA) is 183 Å². The van der Waals surface area contributed by atoms with E-state index in [-0.39, 0.29) is 35.8 Å². The Bertz CT molecular complexity index is 3990. The van der Waals surface area contributed by atoms with E-state index >= 15 is 0 Å². The number of aromatic nitrogens is 8. The molecule has 17 nitrogen and oxygen atoms in total. The Morgan fingerprint density at radius 1 is 0.581 bits per heavy atom. The van der Waals surface area contributed by atoms with Crippen LogP contribution in [0.5, 0.6) is 0 Å². The second-order valence-electron chi connectivity index (χ2n) is 23.3. The van der Waals surface area contributed by atoms with Gasteiger partial charge in [-0.15, -0.1) is 0 Å². The second-order valence-corrected chi connectivity index (χ2v) is 23.3. The van der Waals surface area contributed by atoms with Crippen molar-refractivity contribution in [3.05, 3.63) is 164 Å². The molecule has 5 aromatic carbocycles. The summed E-state index contributed by atoms with van der Waals surface area (Å²) in [6.45, 7) is 24.4. The van der Waals surface area contributed by atoms with Gasteiger partial charge in [-0.1, -0.05) is 66.7 Å². The largest absolute Gasteiger partial charge is 0.460 e. The quantitative estimate of drug-likeness (QED) is 0.0613. The van der Waals surface area contributed by atoms with Crippen molar-refractivity contribution < 1.29 is 14.3 Å². The van der Waals surface area contributed by atoms with E-state index in [2.05, 4.69) is 139 Å². The lowest BCUT2D eigenvalue weighted by molar-refractivity contribution is -0.154. The maximum atomic E-state index is 12.9. The molecule has 4 aromatic heterocycles. The number of anilines is 2. The molecule has 448 valence electrons. The van der Waals surface area contributed by atoms with Crippen LogP contribution in [0.4, 0.5) is 11.4 Å². The van der Waals surface area contributed by atoms with Gasteiger partial charge in [-0.25, -0.2) is 19.9 Å². The van der Waals surface area contributed by atoms with E-state index in [1.54, 1.807) is 0 Å². The number of aryl methyl sites for hydroxylation is 2. The molecule has 11 rings (SSSR count). The third-order valence-electron chi connectivity index (χ3n) is 16.2. The van der Waals surface area contributed by atoms with Crippen molar-refractivity contribution in [2.45, 2.75) is 119 Å². The zero-order valence-electron chi connectivity index (χ0n) is 51.1. The molecule has 0 saturated carbocycles. The normalized spacial score (nSPS) is 14.0. The van der Waals surface area contributed by atoms with Crippen LogP contribution in [0, 0.1) is 0 Å². The molecule has 0 aliphatic carbocycles. The number of H-pyrrole nitrogens is 2. The first kappa shape index (κ1) is 60.4. The van der Waals surface area contributed by atoms with Crippen LogP contribution in [0.15, 0.2) is 113 Å². The van der Waals surface area contributed by atoms with E-state index in [0.29, 0.717) is 53.9 Å². The van der Waals surface area contributed by atoms with E-state index in [1.165, 1.54) is 24.2 Å². The molecule has 2 aliphatic heterocycles. The average molecular weight is 1160 g/mol. The van der Waals surface area contributed by atoms with Crippen molar-refractivity contribution in [2.75, 3.05) is 68.7 Å². The number of nitrogens with one attached hydrogen (secondary N) is 2. The number of imidazole rings is 2. The number of carbonyl (C=O) groups is 2. The summed E-state index contributed by atoms with van der Waals surface area (Å²) in [5.74, 6) is 1.55. The van der Waals surface area contributed by atoms with Crippen molar-refractivity contribution >= 4 is 91.7 Å². The lowest BCUT2D eigenvalue weighted by Crippen LogP contribution is -2.26. The summed E-state index contributed by atoms with van der Waals surface area (Å²) in [7, 11) is 0. The molecule has 0 atom stereocenters. The van der Waals surface area contributed by atoms with Crippen LogP contribution in [-0.4, -0.2) is 125 Å². The molecule has 0 unspecified atom stereocenters. The minimum atomic E-state index is -0.590. The number of aromatic amines is 2. The van der Waals surface area contributed by atoms with Crippen LogP contribution < -0.4 is 20.9 Å². The predicted molar refractivity (Wildman–Crippen MR) is 349 cm³/mol. The molecule has 2 aliphatic rings. The summed E-state index contributed by atoms with van der Waals surface area (Å²) in [6.07, 6.45) is 13.9. The molecule has 0 spiro atoms. The number of hydrogen-bond donors (Lipinski definition) is 2. The smallest absolute Gasteiger partial charge is 0.306 e. The first-order valence-electron chi connectivity index (χ1n) is 30.8. The molecular formula is C69H82N12O5. The summed E-state index contributed by atoms with van der Waals surface area (Å²) < 4.78 is 9.86. The number of fused-ring (bicyclic) bond motifs is 4. The van der Waals surface area contributed by atoms with Crippen LogP contribution in [0.3, 0.4) is 0 Å². The number of likely N-dealkylation sites (tertiary alicyclic amines) is 2. The third-order valence-corrected chi connectivity index (χ3v) is 16.2. The van der Waals surface area contributed by atoms with Crippen LogP contribution in [0.2, 0.25) is 0 Å². The minimum absolute atomic E-state index is 0.0685. The molecule has 9 aromatic rings. The van der Waals surface area contributed by atoms with Crippen molar-refractivity contribution in [1.82, 2.24) is 48.8 Å². The number of hydrogen-bond acceptors (Lipinski definition) is 12. The van der Waals surface area contributed by atoms with Crippen molar-refractivity contribution in [1.29, 1.82) is 0 Å². The fraction of sp³-hybridized carbons (Fsp3) is 0.391. The van der Waals surface area contributed by atoms with Crippen molar-refractivity contribution in [3.8, 4) is 0 Å². The number of esters is 1. The van der Waals surface area contributed by atoms with Crippen LogP contribution in [-0.2, 0) is 40.3 Å². The van der Waals surface area contributed by atoms with E-state index < -0.39 is 5.60 Å². The molecular weight excluding hydrogens is 1080 g/mol. The van der Waals surface area contributed by atoms with Gasteiger partial charge in [-0.2, -0.15) is 0 Å². The summed E-state index contributed by atoms with van der Waals surface area (Å²) in [6, 6.07) is 35.1. The maximum absolute atomic E-state index is 12.9. The van der Waals surface area contributed by atoms with Crippen LogP contribution in [0.25, 0.3) is 68.4 Å². The summed E-state index contributed by atoms with van der Waals surface area (Å²) in [5.41, 5.74) is 11.7. The highest BCUT2D eigenvalue weighted by atomic mass is 16.6. The number of nitrogens with zero attached hydrogens (tertiary/aromatic N) is 10. The Kier molecular flexibility index (Phi) is 19.4. The Morgan fingerprint density at radius 3 is 1.62 bits per heavy atom. The highest BCUT2D eigenvalue weighted by molar-refractivity contribution is 5.94. The van der Waals surface area contributed by atoms with Crippen LogP contribution in [0.1, 0.15) is 127 Å². The summed E-state index contributed by atoms with van der Waals surface area (Å²) in [5, 5.41) is 0. The van der Waals surface area contributed by atoms with E-state index in [9.17, 15) is 19.2 Å². The zero-order chi connectivity index (χ0) is 60.3. The molecule has 1 amide bonds. The Balaban J connectivity index is 0.000000191. The SMILES string of the molecule is CCN(CC)c1ccc(/C=C/c2nc3cc4[nH]c(=O)c(CCC(=O)OC(C)(C)C)nc4cc3n2CCCN2CCCC2=O)cc1.CCN(CC)c1ccc(/C=C/c2nc3cc4[nH]c(=O)c(Cc5ccccc5)nc4cc3n2CCN2CCCC2)cc1. The minimum Gasteiger partial charge on any atom is -0.460 e. The third kappa shape index (κ3) is 14.9. The van der Waals surface area contributed by atoms with Gasteiger partial charge < -0.3 is 43.4 Å². The molecule has 2 N–H and O–H groups in total. The standard InChI is InChI=1S/C35H44N6O4.C34H38N6O/c1-6-39(7-2)25-14-11-24(12-15-25)13-17-31-37-29-22-27-28(23-30(29)41(31)21-9-20-40-19-8-10-32(40)42)36-26(34(44)38-27)16-18-33(43)45-35(3,4)5;1-3-39(4-2)27-15-12-25(13-16-27)14-17-33-36-30-23-28-29(24-32(30)40(33)21-20-38-18-8-9-19-38)35-31(34(41)37-28)22-26-10-6-5-7-11-26/h11-15,17,22-23H,6-10,16,18-21H2,1-5H3,(H,38,44);5-7,10-17,23-24H,3-4,8-9,18-22H2,1-2H3,(H,37,41)/b17-13+;17-14+. The van der Waals surface area contributed by atoms with Gasteiger partial charge in [0.25, 0.3) is 11.1 Å². The molecule has 17 heteroatoms. The average Bonchev–Trinajstić information content (AvgIpc) is 1.79. The lowest BCUT2D eigenvalue weighted by Gasteiger charge is -2.20. The van der Waals surface area contributed by atoms with Crippen molar-refractivity contribution in [2.24, 2.45) is 0 Å². The van der Waals surface area contributed by atoms with Gasteiger partial charge in [0.05, 0.1) is 50.6 Å². The highest BCUT2D eigenvalue weighted by Gasteiger charge is 2.22. The van der Waals surface area contributed by atoms with Gasteiger partial charge >= 0.3 is 5.97 Å². The van der Waals surface area contributed by atoms with E-state index in [1.807, 2.05) is 80.3 Å². The fourth-order valence-electron chi connectivity index (χ4n) is 11.7. The molecule has 86 heavy (non-hydrogen) atoms. The highest BCUT2D eigenvalue weighted by Crippen LogP contribution is 2.27. The number of rotatable bonds is 22. The Hall–Kier alpha value is -8.70. The molecule has 2 saturated heterocycles. The lowest BCUT2D eigenvalue weighted by atomic mass is 10.1. The van der Waals surface area contributed by atoms with Crippen LogP contribution >= 0.6 is 0 Å².